The number of carbonyl (C=O) groups is 1. The van der Waals surface area contributed by atoms with Crippen LogP contribution in [0.15, 0.2) is 30.4 Å². The van der Waals surface area contributed by atoms with E-state index >= 15 is 0 Å². The Morgan fingerprint density at radius 2 is 2.31 bits per heavy atom. The molecule has 0 saturated heterocycles. The van der Waals surface area contributed by atoms with Crippen LogP contribution in [0.5, 0.6) is 0 Å². The zero-order valence-electron chi connectivity index (χ0n) is 9.03. The molecule has 0 spiro atoms. The number of allylic oxidation sites excluding steroid dienone is 1. The average Bonchev–Trinajstić information content (AvgIpc) is 2.26. The lowest BCUT2D eigenvalue weighted by Gasteiger charge is -2.07. The number of nitrogens with one attached hydrogen (secondary N) is 1. The van der Waals surface area contributed by atoms with Gasteiger partial charge in [0.2, 0.25) is 0 Å². The van der Waals surface area contributed by atoms with E-state index in [1.165, 1.54) is 12.1 Å². The Labute approximate surface area is 99.7 Å². The fourth-order valence-corrected chi connectivity index (χ4v) is 1.50. The van der Waals surface area contributed by atoms with Crippen LogP contribution < -0.4 is 5.32 Å². The molecule has 0 aliphatic heterocycles. The van der Waals surface area contributed by atoms with Gasteiger partial charge in [0.05, 0.1) is 16.3 Å². The maximum atomic E-state index is 10.7. The van der Waals surface area contributed by atoms with Crippen molar-refractivity contribution in [1.29, 1.82) is 0 Å². The van der Waals surface area contributed by atoms with Crippen LogP contribution in [-0.4, -0.2) is 17.6 Å². The molecule has 0 saturated carbocycles. The Morgan fingerprint density at radius 1 is 1.56 bits per heavy atom. The Balaban J connectivity index is 2.64. The Kier molecular flexibility index (Phi) is 4.86. The minimum atomic E-state index is -0.970. The SMILES string of the molecule is C/C=C/CCNc1ccc(C(=O)O)cc1Cl. The highest BCUT2D eigenvalue weighted by molar-refractivity contribution is 6.33. The number of halogens is 1. The normalized spacial score (nSPS) is 10.6. The van der Waals surface area contributed by atoms with Crippen LogP contribution in [0.25, 0.3) is 0 Å². The van der Waals surface area contributed by atoms with Gasteiger partial charge in [-0.1, -0.05) is 23.8 Å². The fourth-order valence-electron chi connectivity index (χ4n) is 1.25. The van der Waals surface area contributed by atoms with E-state index in [0.717, 1.165) is 18.7 Å². The molecule has 1 aromatic rings. The van der Waals surface area contributed by atoms with E-state index in [9.17, 15) is 4.79 Å². The van der Waals surface area contributed by atoms with Gasteiger partial charge in [-0.15, -0.1) is 0 Å². The van der Waals surface area contributed by atoms with Crippen molar-refractivity contribution in [2.45, 2.75) is 13.3 Å². The molecule has 0 heterocycles. The van der Waals surface area contributed by atoms with Gasteiger partial charge in [-0.3, -0.25) is 0 Å². The number of carboxylic acid groups (broad SMARTS) is 1. The average molecular weight is 240 g/mol. The number of anilines is 1. The first-order valence-electron chi connectivity index (χ1n) is 5.03. The summed E-state index contributed by atoms with van der Waals surface area (Å²) in [6.45, 7) is 2.74. The van der Waals surface area contributed by atoms with Crippen molar-refractivity contribution in [3.8, 4) is 0 Å². The van der Waals surface area contributed by atoms with E-state index in [1.54, 1.807) is 6.07 Å². The third-order valence-corrected chi connectivity index (χ3v) is 2.39. The summed E-state index contributed by atoms with van der Waals surface area (Å²) in [5.74, 6) is -0.970. The van der Waals surface area contributed by atoms with E-state index in [1.807, 2.05) is 19.1 Å². The lowest BCUT2D eigenvalue weighted by molar-refractivity contribution is 0.0697. The molecule has 0 aliphatic carbocycles. The fraction of sp³-hybridized carbons (Fsp3) is 0.250. The molecule has 86 valence electrons. The molecule has 1 rings (SSSR count). The van der Waals surface area contributed by atoms with Crippen LogP contribution in [0, 0.1) is 0 Å². The molecule has 0 amide bonds. The van der Waals surface area contributed by atoms with E-state index in [2.05, 4.69) is 5.32 Å². The molecule has 2 N–H and O–H groups in total. The minimum absolute atomic E-state index is 0.198. The molecule has 0 unspecified atom stereocenters. The van der Waals surface area contributed by atoms with Gasteiger partial charge in [-0.05, 0) is 31.5 Å². The number of carboxylic acids is 1. The summed E-state index contributed by atoms with van der Waals surface area (Å²) in [6.07, 6.45) is 4.94. The molecule has 0 aromatic heterocycles. The summed E-state index contributed by atoms with van der Waals surface area (Å²) in [5.41, 5.74) is 0.958. The molecule has 0 fully saturated rings. The summed E-state index contributed by atoms with van der Waals surface area (Å²) in [5, 5.41) is 12.3. The van der Waals surface area contributed by atoms with Gasteiger partial charge in [0.1, 0.15) is 0 Å². The van der Waals surface area contributed by atoms with Crippen LogP contribution in [0.2, 0.25) is 5.02 Å². The molecule has 4 heteroatoms. The summed E-state index contributed by atoms with van der Waals surface area (Å²) in [7, 11) is 0. The lowest BCUT2D eigenvalue weighted by Crippen LogP contribution is -2.02. The topological polar surface area (TPSA) is 49.3 Å². The Bertz CT molecular complexity index is 402. The zero-order chi connectivity index (χ0) is 12.0. The standard InChI is InChI=1S/C12H14ClNO2/c1-2-3-4-7-14-11-6-5-9(12(15)16)8-10(11)13/h2-3,5-6,8,14H,4,7H2,1H3,(H,15,16)/b3-2+. The summed E-state index contributed by atoms with van der Waals surface area (Å²) in [4.78, 5) is 10.7. The number of hydrogen-bond donors (Lipinski definition) is 2. The van der Waals surface area contributed by atoms with Crippen LogP contribution in [0.1, 0.15) is 23.7 Å². The molecular formula is C12H14ClNO2. The van der Waals surface area contributed by atoms with E-state index < -0.39 is 5.97 Å². The first kappa shape index (κ1) is 12.6. The smallest absolute Gasteiger partial charge is 0.335 e. The molecular weight excluding hydrogens is 226 g/mol. The van der Waals surface area contributed by atoms with E-state index in [-0.39, 0.29) is 5.56 Å². The highest BCUT2D eigenvalue weighted by Crippen LogP contribution is 2.22. The number of rotatable bonds is 5. The second-order valence-corrected chi connectivity index (χ2v) is 3.69. The van der Waals surface area contributed by atoms with Crippen molar-refractivity contribution >= 4 is 23.3 Å². The first-order valence-corrected chi connectivity index (χ1v) is 5.41. The van der Waals surface area contributed by atoms with Crippen molar-refractivity contribution in [3.63, 3.8) is 0 Å². The lowest BCUT2D eigenvalue weighted by atomic mass is 10.2. The van der Waals surface area contributed by atoms with Crippen molar-refractivity contribution in [3.05, 3.63) is 40.9 Å². The Hall–Kier alpha value is -1.48. The molecule has 0 aliphatic rings. The number of aromatic carboxylic acids is 1. The summed E-state index contributed by atoms with van der Waals surface area (Å²) >= 11 is 5.94. The predicted octanol–water partition coefficient (Wildman–Crippen LogP) is 3.42. The quantitative estimate of drug-likeness (QED) is 0.612. The van der Waals surface area contributed by atoms with Gasteiger partial charge in [-0.25, -0.2) is 4.79 Å². The molecule has 16 heavy (non-hydrogen) atoms. The van der Waals surface area contributed by atoms with Crippen LogP contribution >= 0.6 is 11.6 Å². The highest BCUT2D eigenvalue weighted by Gasteiger charge is 2.05. The summed E-state index contributed by atoms with van der Waals surface area (Å²) in [6, 6.07) is 4.66. The first-order chi connectivity index (χ1) is 7.65. The Morgan fingerprint density at radius 3 is 2.88 bits per heavy atom. The third-order valence-electron chi connectivity index (χ3n) is 2.08. The highest BCUT2D eigenvalue weighted by atomic mass is 35.5. The van der Waals surface area contributed by atoms with Gasteiger partial charge in [0, 0.05) is 6.54 Å². The van der Waals surface area contributed by atoms with Gasteiger partial charge in [0.15, 0.2) is 0 Å². The van der Waals surface area contributed by atoms with Crippen LogP contribution in [-0.2, 0) is 0 Å². The number of hydrogen-bond acceptors (Lipinski definition) is 2. The zero-order valence-corrected chi connectivity index (χ0v) is 9.79. The van der Waals surface area contributed by atoms with Crippen molar-refractivity contribution < 1.29 is 9.90 Å². The van der Waals surface area contributed by atoms with Crippen molar-refractivity contribution in [2.24, 2.45) is 0 Å². The van der Waals surface area contributed by atoms with Gasteiger partial charge < -0.3 is 10.4 Å². The van der Waals surface area contributed by atoms with Gasteiger partial charge in [-0.2, -0.15) is 0 Å². The molecule has 3 nitrogen and oxygen atoms in total. The largest absolute Gasteiger partial charge is 0.478 e. The maximum absolute atomic E-state index is 10.7. The molecule has 0 radical (unpaired) electrons. The summed E-state index contributed by atoms with van der Waals surface area (Å²) < 4.78 is 0. The van der Waals surface area contributed by atoms with Crippen LogP contribution in [0.4, 0.5) is 5.69 Å². The van der Waals surface area contributed by atoms with E-state index in [0.29, 0.717) is 5.02 Å². The molecule has 1 aromatic carbocycles. The monoisotopic (exact) mass is 239 g/mol. The predicted molar refractivity (Wildman–Crippen MR) is 66.3 cm³/mol. The van der Waals surface area contributed by atoms with Crippen molar-refractivity contribution in [1.82, 2.24) is 0 Å². The second-order valence-electron chi connectivity index (χ2n) is 3.28. The van der Waals surface area contributed by atoms with E-state index in [4.69, 9.17) is 16.7 Å². The maximum Gasteiger partial charge on any atom is 0.335 e. The van der Waals surface area contributed by atoms with Gasteiger partial charge >= 0.3 is 5.97 Å². The third kappa shape index (κ3) is 3.59. The van der Waals surface area contributed by atoms with Crippen molar-refractivity contribution in [2.75, 3.05) is 11.9 Å². The van der Waals surface area contributed by atoms with Crippen LogP contribution in [0.3, 0.4) is 0 Å². The number of benzene rings is 1. The molecule has 0 atom stereocenters. The second kappa shape index (κ2) is 6.18. The molecule has 0 bridgehead atoms. The minimum Gasteiger partial charge on any atom is -0.478 e. The van der Waals surface area contributed by atoms with Gasteiger partial charge in [0.25, 0.3) is 0 Å².